The zero-order chi connectivity index (χ0) is 18.7. The lowest BCUT2D eigenvalue weighted by Crippen LogP contribution is -2.28. The van der Waals surface area contributed by atoms with E-state index in [1.54, 1.807) is 10.5 Å². The van der Waals surface area contributed by atoms with Crippen molar-refractivity contribution < 1.29 is 4.79 Å². The lowest BCUT2D eigenvalue weighted by Gasteiger charge is -2.13. The first-order chi connectivity index (χ1) is 12.5. The van der Waals surface area contributed by atoms with Crippen molar-refractivity contribution in [3.8, 4) is 0 Å². The van der Waals surface area contributed by atoms with E-state index in [0.29, 0.717) is 35.2 Å². The number of hydrogen-bond acceptors (Lipinski definition) is 5. The topological polar surface area (TPSA) is 75.5 Å². The van der Waals surface area contributed by atoms with Crippen molar-refractivity contribution in [1.29, 1.82) is 0 Å². The van der Waals surface area contributed by atoms with E-state index in [1.165, 1.54) is 17.4 Å². The van der Waals surface area contributed by atoms with Crippen LogP contribution in [0.1, 0.15) is 35.6 Å². The van der Waals surface area contributed by atoms with Gasteiger partial charge in [0.2, 0.25) is 0 Å². The highest BCUT2D eigenvalue weighted by atomic mass is 32.1. The van der Waals surface area contributed by atoms with Gasteiger partial charge in [-0.05, 0) is 25.0 Å². The number of benzene rings is 1. The van der Waals surface area contributed by atoms with Gasteiger partial charge in [0, 0.05) is 29.4 Å². The highest BCUT2D eigenvalue weighted by Crippen LogP contribution is 2.17. The van der Waals surface area contributed by atoms with Crippen LogP contribution in [0.5, 0.6) is 0 Å². The van der Waals surface area contributed by atoms with Gasteiger partial charge < -0.3 is 10.6 Å². The molecule has 2 aromatic heterocycles. The standard InChI is InChI=1S/C19H22N4O2S/c1-12(2)9-21-18(25)15-6-4-5-7-16(15)20-10-14-8-17(24)23-13(3)11-26-19(23)22-14/h4-8,11-12,20H,9-10H2,1-3H3,(H,21,25). The summed E-state index contributed by atoms with van der Waals surface area (Å²) in [6, 6.07) is 8.87. The van der Waals surface area contributed by atoms with Crippen LogP contribution < -0.4 is 16.2 Å². The Morgan fingerprint density at radius 1 is 1.31 bits per heavy atom. The minimum absolute atomic E-state index is 0.0893. The Morgan fingerprint density at radius 2 is 2.08 bits per heavy atom. The third kappa shape index (κ3) is 3.94. The molecule has 0 fully saturated rings. The summed E-state index contributed by atoms with van der Waals surface area (Å²) in [7, 11) is 0. The van der Waals surface area contributed by atoms with E-state index in [0.717, 1.165) is 11.4 Å². The van der Waals surface area contributed by atoms with E-state index < -0.39 is 0 Å². The summed E-state index contributed by atoms with van der Waals surface area (Å²) in [6.45, 7) is 6.99. The summed E-state index contributed by atoms with van der Waals surface area (Å²) >= 11 is 1.44. The molecule has 1 aromatic carbocycles. The molecule has 0 atom stereocenters. The second-order valence-corrected chi connectivity index (χ2v) is 7.42. The van der Waals surface area contributed by atoms with Crippen molar-refractivity contribution in [2.75, 3.05) is 11.9 Å². The molecule has 3 aromatic rings. The van der Waals surface area contributed by atoms with Crippen LogP contribution in [0.2, 0.25) is 0 Å². The molecule has 0 saturated carbocycles. The number of amides is 1. The number of anilines is 1. The van der Waals surface area contributed by atoms with Gasteiger partial charge >= 0.3 is 0 Å². The van der Waals surface area contributed by atoms with Crippen LogP contribution in [0.3, 0.4) is 0 Å². The zero-order valence-electron chi connectivity index (χ0n) is 15.1. The third-order valence-electron chi connectivity index (χ3n) is 3.93. The first-order valence-corrected chi connectivity index (χ1v) is 9.41. The van der Waals surface area contributed by atoms with Gasteiger partial charge in [0.1, 0.15) is 0 Å². The maximum Gasteiger partial charge on any atom is 0.259 e. The van der Waals surface area contributed by atoms with E-state index in [-0.39, 0.29) is 11.5 Å². The van der Waals surface area contributed by atoms with Gasteiger partial charge in [-0.15, -0.1) is 11.3 Å². The van der Waals surface area contributed by atoms with Gasteiger partial charge in [-0.2, -0.15) is 0 Å². The van der Waals surface area contributed by atoms with Gasteiger partial charge in [-0.3, -0.25) is 14.0 Å². The van der Waals surface area contributed by atoms with Crippen molar-refractivity contribution in [3.63, 3.8) is 0 Å². The van der Waals surface area contributed by atoms with Crippen LogP contribution in [0, 0.1) is 12.8 Å². The molecule has 0 saturated heterocycles. The molecular weight excluding hydrogens is 348 g/mol. The lowest BCUT2D eigenvalue weighted by molar-refractivity contribution is 0.0950. The number of nitrogens with one attached hydrogen (secondary N) is 2. The van der Waals surface area contributed by atoms with Gasteiger partial charge in [-0.25, -0.2) is 4.98 Å². The molecule has 0 unspecified atom stereocenters. The van der Waals surface area contributed by atoms with Crippen molar-refractivity contribution in [2.45, 2.75) is 27.3 Å². The molecule has 0 aliphatic heterocycles. The predicted octanol–water partition coefficient (Wildman–Crippen LogP) is 3.06. The van der Waals surface area contributed by atoms with Crippen molar-refractivity contribution >= 4 is 27.9 Å². The summed E-state index contributed by atoms with van der Waals surface area (Å²) in [5.41, 5.74) is 2.74. The van der Waals surface area contributed by atoms with Crippen LogP contribution in [0.25, 0.3) is 4.96 Å². The maximum absolute atomic E-state index is 12.4. The Kier molecular flexibility index (Phi) is 5.37. The number of thiazole rings is 1. The van der Waals surface area contributed by atoms with Crippen LogP contribution in [-0.2, 0) is 6.54 Å². The smallest absolute Gasteiger partial charge is 0.259 e. The summed E-state index contributed by atoms with van der Waals surface area (Å²) in [4.78, 5) is 29.8. The minimum atomic E-state index is -0.112. The van der Waals surface area contributed by atoms with Crippen LogP contribution in [0.15, 0.2) is 40.5 Å². The molecule has 26 heavy (non-hydrogen) atoms. The molecule has 136 valence electrons. The second-order valence-electron chi connectivity index (χ2n) is 6.58. The van der Waals surface area contributed by atoms with Gasteiger partial charge in [0.25, 0.3) is 11.5 Å². The Bertz CT molecular complexity index is 991. The lowest BCUT2D eigenvalue weighted by atomic mass is 10.1. The molecule has 2 N–H and O–H groups in total. The number of rotatable bonds is 6. The molecule has 3 rings (SSSR count). The SMILES string of the molecule is Cc1csc2nc(CNc3ccccc3C(=O)NCC(C)C)cc(=O)n12. The number of para-hydroxylation sites is 1. The van der Waals surface area contributed by atoms with Crippen molar-refractivity contribution in [3.05, 3.63) is 63.0 Å². The number of carbonyl (C=O) groups is 1. The molecule has 6 nitrogen and oxygen atoms in total. The average Bonchev–Trinajstić information content (AvgIpc) is 2.99. The van der Waals surface area contributed by atoms with Gasteiger partial charge in [0.05, 0.1) is 17.8 Å². The molecule has 0 aliphatic carbocycles. The zero-order valence-corrected chi connectivity index (χ0v) is 15.9. The number of fused-ring (bicyclic) bond motifs is 1. The number of aryl methyl sites for hydroxylation is 1. The van der Waals surface area contributed by atoms with Crippen LogP contribution in [0.4, 0.5) is 5.69 Å². The summed E-state index contributed by atoms with van der Waals surface area (Å²) in [5, 5.41) is 8.07. The number of hydrogen-bond donors (Lipinski definition) is 2. The van der Waals surface area contributed by atoms with E-state index in [4.69, 9.17) is 0 Å². The Hall–Kier alpha value is -2.67. The predicted molar refractivity (Wildman–Crippen MR) is 105 cm³/mol. The highest BCUT2D eigenvalue weighted by Gasteiger charge is 2.12. The monoisotopic (exact) mass is 370 g/mol. The van der Waals surface area contributed by atoms with E-state index in [9.17, 15) is 9.59 Å². The van der Waals surface area contributed by atoms with E-state index in [2.05, 4.69) is 29.5 Å². The first-order valence-electron chi connectivity index (χ1n) is 8.53. The minimum Gasteiger partial charge on any atom is -0.379 e. The normalized spacial score (nSPS) is 11.1. The molecule has 0 aliphatic rings. The highest BCUT2D eigenvalue weighted by molar-refractivity contribution is 7.15. The van der Waals surface area contributed by atoms with Gasteiger partial charge in [0.15, 0.2) is 4.96 Å². The van der Waals surface area contributed by atoms with Crippen LogP contribution in [-0.4, -0.2) is 21.8 Å². The fourth-order valence-electron chi connectivity index (χ4n) is 2.60. The molecule has 1 amide bonds. The number of aromatic nitrogens is 2. The third-order valence-corrected chi connectivity index (χ3v) is 4.87. The molecule has 0 bridgehead atoms. The summed E-state index contributed by atoms with van der Waals surface area (Å²) < 4.78 is 1.60. The Labute approximate surface area is 155 Å². The molecule has 7 heteroatoms. The first kappa shape index (κ1) is 18.1. The number of carbonyl (C=O) groups excluding carboxylic acids is 1. The van der Waals surface area contributed by atoms with E-state index >= 15 is 0 Å². The maximum atomic E-state index is 12.4. The fourth-order valence-corrected chi connectivity index (χ4v) is 3.50. The summed E-state index contributed by atoms with van der Waals surface area (Å²) in [6.07, 6.45) is 0. The number of nitrogens with zero attached hydrogens (tertiary/aromatic N) is 2. The largest absolute Gasteiger partial charge is 0.379 e. The fraction of sp³-hybridized carbons (Fsp3) is 0.316. The van der Waals surface area contributed by atoms with Crippen molar-refractivity contribution in [1.82, 2.24) is 14.7 Å². The van der Waals surface area contributed by atoms with E-state index in [1.807, 2.05) is 30.5 Å². The molecular formula is C19H22N4O2S. The Morgan fingerprint density at radius 3 is 2.85 bits per heavy atom. The molecule has 0 radical (unpaired) electrons. The quantitative estimate of drug-likeness (QED) is 0.699. The summed E-state index contributed by atoms with van der Waals surface area (Å²) in [5.74, 6) is 0.274. The van der Waals surface area contributed by atoms with Crippen LogP contribution >= 0.6 is 11.3 Å². The van der Waals surface area contributed by atoms with Crippen molar-refractivity contribution in [2.24, 2.45) is 5.92 Å². The molecule has 2 heterocycles. The second kappa shape index (κ2) is 7.70. The molecule has 0 spiro atoms. The van der Waals surface area contributed by atoms with Gasteiger partial charge in [-0.1, -0.05) is 26.0 Å². The average molecular weight is 370 g/mol. The Balaban J connectivity index is 1.78.